The van der Waals surface area contributed by atoms with E-state index in [4.69, 9.17) is 4.98 Å². The van der Waals surface area contributed by atoms with Crippen molar-refractivity contribution in [1.29, 1.82) is 0 Å². The molecule has 0 amide bonds. The average molecular weight is 287 g/mol. The maximum atomic E-state index is 11.6. The minimum atomic E-state index is -0.918. The molecule has 2 aromatic heterocycles. The lowest BCUT2D eigenvalue weighted by Gasteiger charge is -2.19. The number of hydrogen-bond acceptors (Lipinski definition) is 3. The van der Waals surface area contributed by atoms with Gasteiger partial charge in [0.05, 0.1) is 23.2 Å². The third-order valence-electron chi connectivity index (χ3n) is 4.24. The van der Waals surface area contributed by atoms with E-state index in [2.05, 4.69) is 5.10 Å². The van der Waals surface area contributed by atoms with Crippen molar-refractivity contribution in [2.75, 3.05) is 0 Å². The first kappa shape index (κ1) is 14.0. The molecule has 5 nitrogen and oxygen atoms in total. The summed E-state index contributed by atoms with van der Waals surface area (Å²) < 4.78 is 1.93. The first-order valence-electron chi connectivity index (χ1n) is 7.50. The quantitative estimate of drug-likeness (QED) is 0.917. The van der Waals surface area contributed by atoms with Gasteiger partial charge in [0.2, 0.25) is 0 Å². The molecular formula is C16H21N3O2. The van der Waals surface area contributed by atoms with Crippen LogP contribution in [0.4, 0.5) is 0 Å². The number of hydrogen-bond donors (Lipinski definition) is 1. The van der Waals surface area contributed by atoms with Gasteiger partial charge in [-0.3, -0.25) is 0 Å². The minimum Gasteiger partial charge on any atom is -0.478 e. The van der Waals surface area contributed by atoms with Crippen LogP contribution in [0.3, 0.4) is 0 Å². The van der Waals surface area contributed by atoms with E-state index < -0.39 is 5.97 Å². The zero-order valence-corrected chi connectivity index (χ0v) is 12.8. The van der Waals surface area contributed by atoms with Gasteiger partial charge in [-0.05, 0) is 18.9 Å². The molecule has 0 bridgehead atoms. The number of carbonyl (C=O) groups is 1. The summed E-state index contributed by atoms with van der Waals surface area (Å²) in [5, 5.41) is 14.6. The van der Waals surface area contributed by atoms with E-state index in [9.17, 15) is 9.90 Å². The molecule has 0 saturated heterocycles. The van der Waals surface area contributed by atoms with Gasteiger partial charge in [-0.1, -0.05) is 33.6 Å². The van der Waals surface area contributed by atoms with E-state index in [1.54, 1.807) is 12.3 Å². The Morgan fingerprint density at radius 1 is 1.33 bits per heavy atom. The first-order chi connectivity index (χ1) is 9.88. The summed E-state index contributed by atoms with van der Waals surface area (Å²) in [4.78, 5) is 16.3. The van der Waals surface area contributed by atoms with Crippen molar-refractivity contribution in [3.8, 4) is 0 Å². The number of aromatic nitrogens is 3. The second-order valence-electron chi connectivity index (χ2n) is 6.87. The smallest absolute Gasteiger partial charge is 0.336 e. The van der Waals surface area contributed by atoms with E-state index in [0.717, 1.165) is 18.5 Å². The fourth-order valence-electron chi connectivity index (χ4n) is 3.00. The zero-order chi connectivity index (χ0) is 15.2. The first-order valence-corrected chi connectivity index (χ1v) is 7.50. The number of carboxylic acids is 1. The average Bonchev–Trinajstić information content (AvgIpc) is 3.04. The largest absolute Gasteiger partial charge is 0.478 e. The Morgan fingerprint density at radius 3 is 2.57 bits per heavy atom. The van der Waals surface area contributed by atoms with Crippen LogP contribution in [0.15, 0.2) is 12.3 Å². The minimum absolute atomic E-state index is 0.191. The number of carboxylic acid groups (broad SMARTS) is 1. The molecule has 1 N–H and O–H groups in total. The fourth-order valence-corrected chi connectivity index (χ4v) is 3.00. The Kier molecular flexibility index (Phi) is 3.23. The van der Waals surface area contributed by atoms with Crippen molar-refractivity contribution in [3.05, 3.63) is 23.5 Å². The van der Waals surface area contributed by atoms with Crippen LogP contribution < -0.4 is 0 Å². The van der Waals surface area contributed by atoms with Gasteiger partial charge in [0, 0.05) is 11.1 Å². The molecule has 0 radical (unpaired) electrons. The van der Waals surface area contributed by atoms with E-state index in [0.29, 0.717) is 22.6 Å². The highest BCUT2D eigenvalue weighted by molar-refractivity contribution is 6.01. The lowest BCUT2D eigenvalue weighted by atomic mass is 9.90. The van der Waals surface area contributed by atoms with E-state index in [1.807, 2.05) is 25.5 Å². The monoisotopic (exact) mass is 287 g/mol. The Morgan fingerprint density at radius 2 is 2.00 bits per heavy atom. The molecule has 0 spiro atoms. The van der Waals surface area contributed by atoms with Crippen LogP contribution in [0, 0.1) is 0 Å². The number of fused-ring (bicyclic) bond motifs is 1. The summed E-state index contributed by atoms with van der Waals surface area (Å²) in [6.07, 6.45) is 6.26. The third-order valence-corrected chi connectivity index (χ3v) is 4.24. The second-order valence-corrected chi connectivity index (χ2v) is 6.87. The topological polar surface area (TPSA) is 68.0 Å². The van der Waals surface area contributed by atoms with Crippen molar-refractivity contribution in [2.24, 2.45) is 0 Å². The molecule has 112 valence electrons. The lowest BCUT2D eigenvalue weighted by Crippen LogP contribution is -2.16. The van der Waals surface area contributed by atoms with Gasteiger partial charge in [0.15, 0.2) is 5.65 Å². The van der Waals surface area contributed by atoms with Gasteiger partial charge in [-0.15, -0.1) is 0 Å². The number of pyridine rings is 1. The molecule has 1 aliphatic carbocycles. The standard InChI is InChI=1S/C16H21N3O2/c1-16(2,3)13-8-11(15(20)21)12-9-17-19(14(12)18-13)10-6-4-5-7-10/h8-10H,4-7H2,1-3H3,(H,20,21). The Bertz CT molecular complexity index is 691. The molecule has 1 fully saturated rings. The third kappa shape index (κ3) is 2.41. The highest BCUT2D eigenvalue weighted by Gasteiger charge is 2.25. The maximum Gasteiger partial charge on any atom is 0.336 e. The summed E-state index contributed by atoms with van der Waals surface area (Å²) in [5.41, 5.74) is 1.62. The van der Waals surface area contributed by atoms with E-state index >= 15 is 0 Å². The molecule has 0 atom stereocenters. The van der Waals surface area contributed by atoms with Crippen molar-refractivity contribution in [1.82, 2.24) is 14.8 Å². The summed E-state index contributed by atoms with van der Waals surface area (Å²) in [5.74, 6) is -0.918. The van der Waals surface area contributed by atoms with Gasteiger partial charge in [0.1, 0.15) is 0 Å². The van der Waals surface area contributed by atoms with Gasteiger partial charge < -0.3 is 5.11 Å². The summed E-state index contributed by atoms with van der Waals surface area (Å²) in [7, 11) is 0. The van der Waals surface area contributed by atoms with Gasteiger partial charge >= 0.3 is 5.97 Å². The molecule has 2 heterocycles. The molecule has 0 unspecified atom stereocenters. The van der Waals surface area contributed by atoms with Crippen LogP contribution in [0.25, 0.3) is 11.0 Å². The Balaban J connectivity index is 2.24. The van der Waals surface area contributed by atoms with Crippen molar-refractivity contribution in [2.45, 2.75) is 57.9 Å². The van der Waals surface area contributed by atoms with Gasteiger partial charge in [0.25, 0.3) is 0 Å². The molecular weight excluding hydrogens is 266 g/mol. The molecule has 3 rings (SSSR count). The molecule has 21 heavy (non-hydrogen) atoms. The molecule has 5 heteroatoms. The summed E-state index contributed by atoms with van der Waals surface area (Å²) in [6, 6.07) is 2.04. The summed E-state index contributed by atoms with van der Waals surface area (Å²) in [6.45, 7) is 6.13. The van der Waals surface area contributed by atoms with Crippen molar-refractivity contribution < 1.29 is 9.90 Å². The van der Waals surface area contributed by atoms with Crippen molar-refractivity contribution >= 4 is 17.0 Å². The van der Waals surface area contributed by atoms with Crippen LogP contribution >= 0.6 is 0 Å². The summed E-state index contributed by atoms with van der Waals surface area (Å²) >= 11 is 0. The molecule has 2 aromatic rings. The van der Waals surface area contributed by atoms with Crippen LogP contribution in [0.5, 0.6) is 0 Å². The van der Waals surface area contributed by atoms with Crippen LogP contribution in [0.2, 0.25) is 0 Å². The highest BCUT2D eigenvalue weighted by atomic mass is 16.4. The number of aromatic carboxylic acids is 1. The van der Waals surface area contributed by atoms with Gasteiger partial charge in [-0.25, -0.2) is 14.5 Å². The predicted octanol–water partition coefficient (Wildman–Crippen LogP) is 3.54. The molecule has 0 aromatic carbocycles. The van der Waals surface area contributed by atoms with E-state index in [1.165, 1.54) is 12.8 Å². The number of nitrogens with zero attached hydrogens (tertiary/aromatic N) is 3. The lowest BCUT2D eigenvalue weighted by molar-refractivity contribution is 0.0698. The highest BCUT2D eigenvalue weighted by Crippen LogP contribution is 2.33. The zero-order valence-electron chi connectivity index (χ0n) is 12.8. The molecule has 1 aliphatic rings. The van der Waals surface area contributed by atoms with Crippen LogP contribution in [-0.2, 0) is 5.41 Å². The van der Waals surface area contributed by atoms with Crippen LogP contribution in [0.1, 0.15) is 68.5 Å². The van der Waals surface area contributed by atoms with Gasteiger partial charge in [-0.2, -0.15) is 5.10 Å². The normalized spacial score (nSPS) is 16.7. The van der Waals surface area contributed by atoms with E-state index in [-0.39, 0.29) is 5.41 Å². The maximum absolute atomic E-state index is 11.6. The molecule has 1 saturated carbocycles. The molecule has 0 aliphatic heterocycles. The predicted molar refractivity (Wildman–Crippen MR) is 80.7 cm³/mol. The number of rotatable bonds is 2. The Hall–Kier alpha value is -1.91. The SMILES string of the molecule is CC(C)(C)c1cc(C(=O)O)c2cnn(C3CCCC3)c2n1. The fraction of sp³-hybridized carbons (Fsp3) is 0.562. The van der Waals surface area contributed by atoms with Crippen LogP contribution in [-0.4, -0.2) is 25.8 Å². The van der Waals surface area contributed by atoms with Crippen molar-refractivity contribution in [3.63, 3.8) is 0 Å². The Labute approximate surface area is 124 Å². The second kappa shape index (κ2) is 4.83.